The van der Waals surface area contributed by atoms with Crippen molar-refractivity contribution in [3.05, 3.63) is 59.8 Å². The van der Waals surface area contributed by atoms with Gasteiger partial charge in [0, 0.05) is 17.9 Å². The number of fused-ring (bicyclic) bond motifs is 2. The monoisotopic (exact) mass is 352 g/mol. The normalized spacial score (nSPS) is 21.8. The molecule has 0 bridgehead atoms. The van der Waals surface area contributed by atoms with Gasteiger partial charge in [0.2, 0.25) is 11.1 Å². The van der Waals surface area contributed by atoms with Gasteiger partial charge in [-0.3, -0.25) is 4.79 Å². The molecule has 2 atom stereocenters. The molecular weight excluding hydrogens is 332 g/mol. The van der Waals surface area contributed by atoms with Gasteiger partial charge in [-0.05, 0) is 18.9 Å². The number of aromatic nitrogens is 3. The van der Waals surface area contributed by atoms with Crippen molar-refractivity contribution in [1.82, 2.24) is 14.8 Å². The van der Waals surface area contributed by atoms with Crippen molar-refractivity contribution in [3.8, 4) is 0 Å². The Hall–Kier alpha value is -2.34. The summed E-state index contributed by atoms with van der Waals surface area (Å²) >= 11 is 1.54. The van der Waals surface area contributed by atoms with Crippen molar-refractivity contribution in [1.29, 1.82) is 0 Å². The predicted octanol–water partition coefficient (Wildman–Crippen LogP) is 3.74. The van der Waals surface area contributed by atoms with Crippen molar-refractivity contribution >= 4 is 23.5 Å². The predicted molar refractivity (Wildman–Crippen MR) is 99.7 cm³/mol. The Balaban J connectivity index is 1.82. The maximum atomic E-state index is 12.7. The summed E-state index contributed by atoms with van der Waals surface area (Å²) in [6, 6.07) is 8.19. The quantitative estimate of drug-likeness (QED) is 0.671. The highest BCUT2D eigenvalue weighted by Crippen LogP contribution is 2.41. The van der Waals surface area contributed by atoms with Crippen LogP contribution in [0.1, 0.15) is 30.0 Å². The molecule has 0 spiro atoms. The number of aryl methyl sites for hydroxylation is 1. The maximum absolute atomic E-state index is 12.7. The van der Waals surface area contributed by atoms with Gasteiger partial charge in [0.25, 0.3) is 0 Å². The number of hydrogen-bond acceptors (Lipinski definition) is 5. The summed E-state index contributed by atoms with van der Waals surface area (Å²) in [5, 5.41) is 8.70. The van der Waals surface area contributed by atoms with Crippen molar-refractivity contribution in [3.63, 3.8) is 0 Å². The van der Waals surface area contributed by atoms with E-state index in [1.165, 1.54) is 5.56 Å². The highest BCUT2D eigenvalue weighted by Gasteiger charge is 2.41. The molecule has 1 aliphatic heterocycles. The van der Waals surface area contributed by atoms with Crippen LogP contribution < -0.4 is 5.32 Å². The van der Waals surface area contributed by atoms with E-state index in [9.17, 15) is 4.79 Å². The summed E-state index contributed by atoms with van der Waals surface area (Å²) in [6.45, 7) is 5.81. The molecule has 2 heterocycles. The molecule has 1 N–H and O–H groups in total. The van der Waals surface area contributed by atoms with Crippen LogP contribution in [-0.2, 0) is 4.79 Å². The van der Waals surface area contributed by atoms with Gasteiger partial charge in [-0.2, -0.15) is 4.98 Å². The second kappa shape index (κ2) is 6.52. The van der Waals surface area contributed by atoms with Gasteiger partial charge in [-0.1, -0.05) is 53.7 Å². The lowest BCUT2D eigenvalue weighted by Crippen LogP contribution is -2.38. The molecule has 0 saturated carbocycles. The number of Topliss-reactive ketones (excluding diaryl/α,β-unsaturated/α-hetero) is 1. The third kappa shape index (κ3) is 2.91. The zero-order valence-electron chi connectivity index (χ0n) is 14.1. The fourth-order valence-corrected chi connectivity index (χ4v) is 4.01. The first-order valence-electron chi connectivity index (χ1n) is 8.44. The summed E-state index contributed by atoms with van der Waals surface area (Å²) in [4.78, 5) is 17.3. The van der Waals surface area contributed by atoms with E-state index in [4.69, 9.17) is 0 Å². The molecule has 25 heavy (non-hydrogen) atoms. The zero-order chi connectivity index (χ0) is 17.4. The Morgan fingerprint density at radius 2 is 2.20 bits per heavy atom. The van der Waals surface area contributed by atoms with Crippen LogP contribution in [0.15, 0.2) is 53.8 Å². The lowest BCUT2D eigenvalue weighted by Gasteiger charge is -2.36. The molecule has 1 aromatic heterocycles. The summed E-state index contributed by atoms with van der Waals surface area (Å²) in [5.41, 5.74) is 3.25. The molecule has 0 amide bonds. The van der Waals surface area contributed by atoms with E-state index in [1.54, 1.807) is 11.8 Å². The number of allylic oxidation sites excluding steroid dienone is 2. The van der Waals surface area contributed by atoms with Crippen LogP contribution in [0.25, 0.3) is 0 Å². The fourth-order valence-electron chi connectivity index (χ4n) is 3.45. The highest BCUT2D eigenvalue weighted by molar-refractivity contribution is 7.99. The van der Waals surface area contributed by atoms with Gasteiger partial charge in [0.05, 0.1) is 12.0 Å². The first-order valence-corrected chi connectivity index (χ1v) is 9.42. The van der Waals surface area contributed by atoms with Gasteiger partial charge >= 0.3 is 0 Å². The number of ketones is 1. The number of nitrogens with zero attached hydrogens (tertiary/aromatic N) is 3. The van der Waals surface area contributed by atoms with Crippen molar-refractivity contribution in [2.45, 2.75) is 31.0 Å². The van der Waals surface area contributed by atoms with Crippen LogP contribution in [0.3, 0.4) is 0 Å². The van der Waals surface area contributed by atoms with Gasteiger partial charge in [0.1, 0.15) is 5.78 Å². The molecule has 0 saturated heterocycles. The van der Waals surface area contributed by atoms with Crippen LogP contribution in [0, 0.1) is 12.8 Å². The van der Waals surface area contributed by atoms with Gasteiger partial charge in [-0.15, -0.1) is 11.7 Å². The number of nitrogens with one attached hydrogen (secondary N) is 1. The van der Waals surface area contributed by atoms with Crippen LogP contribution in [-0.4, -0.2) is 26.3 Å². The van der Waals surface area contributed by atoms with E-state index in [0.717, 1.165) is 23.4 Å². The minimum Gasteiger partial charge on any atom is -0.328 e. The molecule has 4 rings (SSSR count). The zero-order valence-corrected chi connectivity index (χ0v) is 14.9. The molecule has 0 fully saturated rings. The topological polar surface area (TPSA) is 59.8 Å². The Bertz CT molecular complexity index is 853. The lowest BCUT2D eigenvalue weighted by molar-refractivity contribution is -0.123. The van der Waals surface area contributed by atoms with Crippen LogP contribution in [0.5, 0.6) is 0 Å². The largest absolute Gasteiger partial charge is 0.328 e. The fraction of sp³-hybridized carbons (Fsp3) is 0.316. The summed E-state index contributed by atoms with van der Waals surface area (Å²) in [7, 11) is 0. The molecule has 1 aliphatic carbocycles. The molecule has 0 unspecified atom stereocenters. The number of thioether (sulfide) groups is 1. The molecule has 128 valence electrons. The first kappa shape index (κ1) is 16.1. The average molecular weight is 352 g/mol. The van der Waals surface area contributed by atoms with E-state index >= 15 is 0 Å². The minimum atomic E-state index is -0.220. The Kier molecular flexibility index (Phi) is 4.21. The highest BCUT2D eigenvalue weighted by atomic mass is 32.2. The summed E-state index contributed by atoms with van der Waals surface area (Å²) < 4.78 is 1.88. The van der Waals surface area contributed by atoms with Gasteiger partial charge < -0.3 is 5.32 Å². The smallest absolute Gasteiger partial charge is 0.227 e. The van der Waals surface area contributed by atoms with Crippen molar-refractivity contribution in [2.24, 2.45) is 5.92 Å². The third-order valence-electron chi connectivity index (χ3n) is 4.63. The second-order valence-corrected chi connectivity index (χ2v) is 7.37. The van der Waals surface area contributed by atoms with Crippen LogP contribution >= 0.6 is 11.8 Å². The Morgan fingerprint density at radius 1 is 1.40 bits per heavy atom. The SMILES string of the molecule is C=CCSc1nc2n(n1)[C@H](c1ccc(C)cc1)[C@H]1C(=O)CCC=C1N2. The van der Waals surface area contributed by atoms with Gasteiger partial charge in [0.15, 0.2) is 0 Å². The first-order chi connectivity index (χ1) is 12.2. The molecule has 5 nitrogen and oxygen atoms in total. The second-order valence-electron chi connectivity index (χ2n) is 6.38. The van der Waals surface area contributed by atoms with E-state index in [2.05, 4.69) is 59.2 Å². The van der Waals surface area contributed by atoms with E-state index < -0.39 is 0 Å². The van der Waals surface area contributed by atoms with Crippen LogP contribution in [0.2, 0.25) is 0 Å². The summed E-state index contributed by atoms with van der Waals surface area (Å²) in [5.74, 6) is 1.50. The molecule has 1 aromatic carbocycles. The average Bonchev–Trinajstić information content (AvgIpc) is 3.01. The lowest BCUT2D eigenvalue weighted by atomic mass is 9.81. The number of anilines is 1. The van der Waals surface area contributed by atoms with Crippen molar-refractivity contribution < 1.29 is 4.79 Å². The molecule has 6 heteroatoms. The molecular formula is C19H20N4OS. The maximum Gasteiger partial charge on any atom is 0.227 e. The number of carbonyl (C=O) groups excluding carboxylic acids is 1. The minimum absolute atomic E-state index is 0.151. The Morgan fingerprint density at radius 3 is 2.96 bits per heavy atom. The van der Waals surface area contributed by atoms with Crippen molar-refractivity contribution in [2.75, 3.05) is 11.1 Å². The van der Waals surface area contributed by atoms with Crippen LogP contribution in [0.4, 0.5) is 5.95 Å². The number of carbonyl (C=O) groups is 1. The third-order valence-corrected chi connectivity index (χ3v) is 5.47. The molecule has 0 radical (unpaired) electrons. The number of rotatable bonds is 4. The molecule has 2 aromatic rings. The van der Waals surface area contributed by atoms with Gasteiger partial charge in [-0.25, -0.2) is 4.68 Å². The van der Waals surface area contributed by atoms with E-state index in [-0.39, 0.29) is 17.7 Å². The number of hydrogen-bond donors (Lipinski definition) is 1. The standard InChI is InChI=1S/C19H20N4OS/c1-3-11-25-19-21-18-20-14-5-4-6-15(24)16(14)17(23(18)22-19)13-9-7-12(2)8-10-13/h3,5,7-10,16-17H,1,4,6,11H2,2H3,(H,20,21,22)/t16-,17-/m1/s1. The van der Waals surface area contributed by atoms with E-state index in [1.807, 2.05) is 10.8 Å². The van der Waals surface area contributed by atoms with E-state index in [0.29, 0.717) is 17.5 Å². The molecule has 2 aliphatic rings. The summed E-state index contributed by atoms with van der Waals surface area (Å²) in [6.07, 6.45) is 5.33. The number of benzene rings is 1. The Labute approximate surface area is 151 Å².